The van der Waals surface area contributed by atoms with E-state index in [1.54, 1.807) is 0 Å². The van der Waals surface area contributed by atoms with Crippen molar-refractivity contribution in [1.29, 1.82) is 0 Å². The number of rotatable bonds is 10. The van der Waals surface area contributed by atoms with Crippen LogP contribution in [0.5, 0.6) is 0 Å². The van der Waals surface area contributed by atoms with Crippen molar-refractivity contribution >= 4 is 51.0 Å². The quantitative estimate of drug-likeness (QED) is 0.136. The van der Waals surface area contributed by atoms with Gasteiger partial charge in [0.2, 0.25) is 0 Å². The van der Waals surface area contributed by atoms with E-state index in [2.05, 4.69) is 265 Å². The van der Waals surface area contributed by atoms with Gasteiger partial charge < -0.3 is 14.7 Å². The molecule has 0 bridgehead atoms. The highest BCUT2D eigenvalue weighted by Gasteiger charge is 2.16. The third-order valence-electron chi connectivity index (χ3n) is 11.1. The number of nitrogens with zero attached hydrogens (tertiary/aromatic N) is 3. The number of allylic oxidation sites excluding steroid dienone is 8. The second kappa shape index (κ2) is 18.9. The summed E-state index contributed by atoms with van der Waals surface area (Å²) in [5.74, 6) is 0. The lowest BCUT2D eigenvalue weighted by molar-refractivity contribution is 1.27. The molecule has 9 rings (SSSR count). The summed E-state index contributed by atoms with van der Waals surface area (Å²) in [5.41, 5.74) is 15.6. The Morgan fingerprint density at radius 3 is 1.00 bits per heavy atom. The van der Waals surface area contributed by atoms with Gasteiger partial charge in [0.05, 0.1) is 5.69 Å². The highest BCUT2D eigenvalue weighted by molar-refractivity contribution is 5.87. The van der Waals surface area contributed by atoms with Gasteiger partial charge in [0, 0.05) is 52.1 Å². The van der Waals surface area contributed by atoms with Gasteiger partial charge in [0.15, 0.2) is 0 Å². The van der Waals surface area contributed by atoms with Gasteiger partial charge in [-0.1, -0.05) is 159 Å². The predicted octanol–water partition coefficient (Wildman–Crippen LogP) is 16.4. The van der Waals surface area contributed by atoms with E-state index in [-0.39, 0.29) is 0 Å². The van der Waals surface area contributed by atoms with Crippen molar-refractivity contribution in [2.75, 3.05) is 14.7 Å². The van der Waals surface area contributed by atoms with E-state index >= 15 is 0 Å². The number of para-hydroxylation sites is 5. The molecule has 8 aromatic rings. The van der Waals surface area contributed by atoms with Gasteiger partial charge in [-0.25, -0.2) is 0 Å². The van der Waals surface area contributed by atoms with E-state index in [9.17, 15) is 0 Å². The third kappa shape index (κ3) is 9.19. The van der Waals surface area contributed by atoms with Crippen molar-refractivity contribution in [3.8, 4) is 11.1 Å². The third-order valence-corrected chi connectivity index (χ3v) is 11.1. The molecule has 0 spiro atoms. The largest absolute Gasteiger partial charge is 0.323 e. The molecule has 0 saturated carbocycles. The van der Waals surface area contributed by atoms with Crippen LogP contribution in [-0.4, -0.2) is 0 Å². The molecular formula is C60H47N3. The first-order valence-electron chi connectivity index (χ1n) is 21.2. The van der Waals surface area contributed by atoms with Crippen LogP contribution in [0.25, 0.3) is 22.3 Å². The molecule has 0 amide bonds. The number of anilines is 7. The fraction of sp³-hybridized carbons (Fsp3) is 0. The molecule has 0 radical (unpaired) electrons. The summed E-state index contributed by atoms with van der Waals surface area (Å²) >= 11 is 0. The Kier molecular flexibility index (Phi) is 12.0. The maximum absolute atomic E-state index is 4.56. The molecule has 63 heavy (non-hydrogen) atoms. The van der Waals surface area contributed by atoms with Crippen LogP contribution < -0.4 is 14.7 Å². The number of hydrogen-bond acceptors (Lipinski definition) is 3. The lowest BCUT2D eigenvalue weighted by Crippen LogP contribution is -2.10. The molecular weight excluding hydrogens is 763 g/mol. The van der Waals surface area contributed by atoms with Crippen LogP contribution in [0.1, 0.15) is 11.1 Å². The summed E-state index contributed by atoms with van der Waals surface area (Å²) < 4.78 is 0. The van der Waals surface area contributed by atoms with E-state index in [1.807, 2.05) is 24.3 Å². The maximum atomic E-state index is 4.56. The first-order valence-corrected chi connectivity index (χ1v) is 21.2. The van der Waals surface area contributed by atoms with Crippen molar-refractivity contribution in [3.63, 3.8) is 0 Å². The van der Waals surface area contributed by atoms with E-state index in [4.69, 9.17) is 0 Å². The normalized spacial score (nSPS) is 15.5. The van der Waals surface area contributed by atoms with Crippen molar-refractivity contribution in [2.24, 2.45) is 0 Å². The number of hydrogen-bond donors (Lipinski definition) is 0. The van der Waals surface area contributed by atoms with E-state index < -0.39 is 0 Å². The van der Waals surface area contributed by atoms with E-state index in [1.165, 1.54) is 0 Å². The second-order valence-corrected chi connectivity index (χ2v) is 15.3. The average molecular weight is 810 g/mol. The fourth-order valence-electron chi connectivity index (χ4n) is 7.92. The molecule has 0 aliphatic carbocycles. The average Bonchev–Trinajstić information content (AvgIpc) is 3.38. The molecule has 0 saturated heterocycles. The minimum absolute atomic E-state index is 0.828. The molecule has 302 valence electrons. The zero-order valence-corrected chi connectivity index (χ0v) is 35.1. The monoisotopic (exact) mass is 809 g/mol. The van der Waals surface area contributed by atoms with Crippen molar-refractivity contribution < 1.29 is 0 Å². The zero-order chi connectivity index (χ0) is 42.8. The van der Waals surface area contributed by atoms with Gasteiger partial charge >= 0.3 is 0 Å². The summed E-state index contributed by atoms with van der Waals surface area (Å²) in [6.07, 6.45) is 12.9. The van der Waals surface area contributed by atoms with E-state index in [0.717, 1.165) is 84.4 Å². The summed E-state index contributed by atoms with van der Waals surface area (Å²) in [7, 11) is 0. The van der Waals surface area contributed by atoms with Gasteiger partial charge in [0.1, 0.15) is 0 Å². The zero-order valence-electron chi connectivity index (χ0n) is 35.1. The van der Waals surface area contributed by atoms with Gasteiger partial charge in [-0.3, -0.25) is 0 Å². The molecule has 1 aliphatic heterocycles. The van der Waals surface area contributed by atoms with Gasteiger partial charge in [0.25, 0.3) is 0 Å². The van der Waals surface area contributed by atoms with Crippen LogP contribution >= 0.6 is 0 Å². The first kappa shape index (κ1) is 40.0. The summed E-state index contributed by atoms with van der Waals surface area (Å²) in [5, 5.41) is 0. The maximum Gasteiger partial charge on any atom is 0.0527 e. The molecule has 3 nitrogen and oxygen atoms in total. The Balaban J connectivity index is 1.12. The number of benzene rings is 8. The Morgan fingerprint density at radius 1 is 0.302 bits per heavy atom. The Hall–Kier alpha value is -8.40. The van der Waals surface area contributed by atoms with Crippen LogP contribution in [0, 0.1) is 0 Å². The van der Waals surface area contributed by atoms with Crippen molar-refractivity contribution in [3.05, 3.63) is 297 Å². The lowest BCUT2D eigenvalue weighted by atomic mass is 9.97. The summed E-state index contributed by atoms with van der Waals surface area (Å²) in [6, 6.07) is 78.6. The minimum atomic E-state index is 0.828. The summed E-state index contributed by atoms with van der Waals surface area (Å²) in [4.78, 5) is 6.76. The highest BCUT2D eigenvalue weighted by atomic mass is 15.1. The lowest BCUT2D eigenvalue weighted by Gasteiger charge is -2.25. The summed E-state index contributed by atoms with van der Waals surface area (Å²) in [6.45, 7) is 9.11. The first-order chi connectivity index (χ1) is 31.1. The molecule has 0 N–H and O–H groups in total. The Labute approximate surface area is 371 Å². The highest BCUT2D eigenvalue weighted by Crippen LogP contribution is 2.38. The molecule has 8 aromatic carbocycles. The molecule has 0 aromatic heterocycles. The fourth-order valence-corrected chi connectivity index (χ4v) is 7.92. The van der Waals surface area contributed by atoms with Crippen molar-refractivity contribution in [2.45, 2.75) is 0 Å². The van der Waals surface area contributed by atoms with E-state index in [0.29, 0.717) is 0 Å². The topological polar surface area (TPSA) is 9.72 Å². The molecule has 0 atom stereocenters. The van der Waals surface area contributed by atoms with Gasteiger partial charge in [-0.15, -0.1) is 0 Å². The molecule has 1 aliphatic rings. The van der Waals surface area contributed by atoms with Crippen LogP contribution in [0.3, 0.4) is 0 Å². The second-order valence-electron chi connectivity index (χ2n) is 15.3. The molecule has 1 heterocycles. The van der Waals surface area contributed by atoms with Crippen molar-refractivity contribution in [1.82, 2.24) is 0 Å². The van der Waals surface area contributed by atoms with Gasteiger partial charge in [-0.2, -0.15) is 0 Å². The van der Waals surface area contributed by atoms with Crippen LogP contribution in [-0.2, 0) is 0 Å². The smallest absolute Gasteiger partial charge is 0.0527 e. The van der Waals surface area contributed by atoms with Crippen LogP contribution in [0.4, 0.5) is 39.8 Å². The molecule has 0 fully saturated rings. The SMILES string of the molecule is C=C1/C=C(c2ccc(N(c3ccccc3)c3ccccc3)cc2)\C=C/N(c2ccccc2-c2ccccc2)/C=C\C(c2ccc(N(c3ccccc3)c3ccccc3)cc2)=C/C1=C. The van der Waals surface area contributed by atoms with Crippen LogP contribution in [0.2, 0.25) is 0 Å². The Morgan fingerprint density at radius 2 is 0.619 bits per heavy atom. The molecule has 0 unspecified atom stereocenters. The van der Waals surface area contributed by atoms with Crippen LogP contribution in [0.15, 0.2) is 285 Å². The minimum Gasteiger partial charge on any atom is -0.323 e. The Bertz CT molecular complexity index is 2690. The standard InChI is InChI=1S/C60H47N3/c1-46-44-51(48-32-36-57(37-33-48)62(53-22-10-4-11-23-53)54-24-12-5-13-25-54)40-42-61(60-31-19-18-30-59(60)50-20-8-3-9-21-50)43-41-52(45-47(46)2)49-34-38-58(39-35-49)63(55-26-14-6-15-27-55)56-28-16-7-17-29-56/h3-45H,1-2H2/b42-40-,43-41-,51-44+,52-45+. The van der Waals surface area contributed by atoms with Gasteiger partial charge in [-0.05, 0) is 142 Å². The predicted molar refractivity (Wildman–Crippen MR) is 269 cm³/mol. The molecule has 3 heteroatoms.